The Morgan fingerprint density at radius 1 is 1.22 bits per heavy atom. The van der Waals surface area contributed by atoms with Gasteiger partial charge in [-0.3, -0.25) is 0 Å². The first-order valence-electron chi connectivity index (χ1n) is 5.58. The summed E-state index contributed by atoms with van der Waals surface area (Å²) < 4.78 is 31.5. The van der Waals surface area contributed by atoms with Crippen molar-refractivity contribution in [1.29, 1.82) is 0 Å². The Morgan fingerprint density at radius 2 is 1.94 bits per heavy atom. The summed E-state index contributed by atoms with van der Waals surface area (Å²) >= 11 is 0. The molecule has 0 amide bonds. The molecule has 0 aliphatic carbocycles. The predicted octanol–water partition coefficient (Wildman–Crippen LogP) is 0.161. The summed E-state index contributed by atoms with van der Waals surface area (Å²) in [7, 11) is 0. The molecule has 1 heterocycles. The van der Waals surface area contributed by atoms with Crippen LogP contribution in [-0.4, -0.2) is 46.8 Å². The summed E-state index contributed by atoms with van der Waals surface area (Å²) in [5, 5.41) is 28.5. The Balaban J connectivity index is 2.24. The fourth-order valence-corrected chi connectivity index (χ4v) is 2.12. The predicted molar refractivity (Wildman–Crippen MR) is 57.9 cm³/mol. The second kappa shape index (κ2) is 5.27. The standard InChI is InChI=1S/C12H14F2O4/c13-6-1-2-7(9(14)3-6)8-5-18-10(4-15)12(17)11(8)16/h1-3,8,10-12,15-17H,4-5H2. The number of aliphatic hydroxyl groups excluding tert-OH is 3. The monoisotopic (exact) mass is 260 g/mol. The van der Waals surface area contributed by atoms with Crippen LogP contribution in [0.3, 0.4) is 0 Å². The number of benzene rings is 1. The van der Waals surface area contributed by atoms with E-state index in [4.69, 9.17) is 9.84 Å². The van der Waals surface area contributed by atoms with Crippen molar-refractivity contribution in [2.75, 3.05) is 13.2 Å². The fourth-order valence-electron chi connectivity index (χ4n) is 2.12. The second-order valence-corrected chi connectivity index (χ2v) is 4.31. The first kappa shape index (κ1) is 13.4. The quantitative estimate of drug-likeness (QED) is 0.708. The van der Waals surface area contributed by atoms with Gasteiger partial charge in [0, 0.05) is 12.0 Å². The zero-order chi connectivity index (χ0) is 13.3. The number of hydrogen-bond acceptors (Lipinski definition) is 4. The van der Waals surface area contributed by atoms with E-state index < -0.39 is 42.5 Å². The van der Waals surface area contributed by atoms with Gasteiger partial charge in [-0.05, 0) is 11.6 Å². The molecular weight excluding hydrogens is 246 g/mol. The SMILES string of the molecule is OCC1OCC(c2ccc(F)cc2F)C(O)C1O. The van der Waals surface area contributed by atoms with E-state index in [1.54, 1.807) is 0 Å². The molecule has 4 unspecified atom stereocenters. The molecule has 1 fully saturated rings. The molecule has 1 aliphatic heterocycles. The maximum atomic E-state index is 13.6. The highest BCUT2D eigenvalue weighted by atomic mass is 19.1. The van der Waals surface area contributed by atoms with Crippen LogP contribution in [0.15, 0.2) is 18.2 Å². The lowest BCUT2D eigenvalue weighted by Crippen LogP contribution is -2.50. The van der Waals surface area contributed by atoms with Crippen LogP contribution in [0.2, 0.25) is 0 Å². The van der Waals surface area contributed by atoms with Crippen molar-refractivity contribution in [2.24, 2.45) is 0 Å². The van der Waals surface area contributed by atoms with Crippen molar-refractivity contribution in [3.05, 3.63) is 35.4 Å². The Labute approximate surface area is 102 Å². The Kier molecular flexibility index (Phi) is 3.91. The molecule has 18 heavy (non-hydrogen) atoms. The molecule has 1 aliphatic rings. The van der Waals surface area contributed by atoms with E-state index in [1.165, 1.54) is 6.07 Å². The fraction of sp³-hybridized carbons (Fsp3) is 0.500. The van der Waals surface area contributed by atoms with Crippen molar-refractivity contribution in [1.82, 2.24) is 0 Å². The summed E-state index contributed by atoms with van der Waals surface area (Å²) in [6, 6.07) is 3.01. The Hall–Kier alpha value is -1.08. The van der Waals surface area contributed by atoms with Crippen LogP contribution in [0.5, 0.6) is 0 Å². The number of halogens is 2. The van der Waals surface area contributed by atoms with Gasteiger partial charge in [-0.15, -0.1) is 0 Å². The zero-order valence-corrected chi connectivity index (χ0v) is 9.46. The summed E-state index contributed by atoms with van der Waals surface area (Å²) in [5.41, 5.74) is 0.0827. The molecule has 1 aromatic carbocycles. The van der Waals surface area contributed by atoms with Crippen LogP contribution in [0.4, 0.5) is 8.78 Å². The van der Waals surface area contributed by atoms with E-state index in [1.807, 2.05) is 0 Å². The molecule has 0 bridgehead atoms. The van der Waals surface area contributed by atoms with E-state index in [0.29, 0.717) is 6.07 Å². The van der Waals surface area contributed by atoms with Crippen molar-refractivity contribution < 1.29 is 28.8 Å². The van der Waals surface area contributed by atoms with Gasteiger partial charge in [0.05, 0.1) is 19.3 Å². The number of rotatable bonds is 2. The average Bonchev–Trinajstić information content (AvgIpc) is 2.34. The zero-order valence-electron chi connectivity index (χ0n) is 9.46. The van der Waals surface area contributed by atoms with Crippen LogP contribution in [0.1, 0.15) is 11.5 Å². The number of aliphatic hydroxyl groups is 3. The second-order valence-electron chi connectivity index (χ2n) is 4.31. The van der Waals surface area contributed by atoms with E-state index in [9.17, 15) is 19.0 Å². The van der Waals surface area contributed by atoms with Gasteiger partial charge >= 0.3 is 0 Å². The van der Waals surface area contributed by atoms with Crippen LogP contribution < -0.4 is 0 Å². The van der Waals surface area contributed by atoms with Crippen LogP contribution in [-0.2, 0) is 4.74 Å². The van der Waals surface area contributed by atoms with Crippen LogP contribution in [0, 0.1) is 11.6 Å². The molecule has 6 heteroatoms. The van der Waals surface area contributed by atoms with Gasteiger partial charge in [0.2, 0.25) is 0 Å². The van der Waals surface area contributed by atoms with E-state index in [0.717, 1.165) is 6.07 Å². The third-order valence-corrected chi connectivity index (χ3v) is 3.17. The van der Waals surface area contributed by atoms with Gasteiger partial charge in [0.1, 0.15) is 23.8 Å². The largest absolute Gasteiger partial charge is 0.394 e. The van der Waals surface area contributed by atoms with Gasteiger partial charge in [0.25, 0.3) is 0 Å². The first-order valence-corrected chi connectivity index (χ1v) is 5.58. The van der Waals surface area contributed by atoms with Gasteiger partial charge in [-0.25, -0.2) is 8.78 Å². The maximum absolute atomic E-state index is 13.6. The van der Waals surface area contributed by atoms with Gasteiger partial charge < -0.3 is 20.1 Å². The molecule has 0 saturated carbocycles. The molecule has 0 spiro atoms. The van der Waals surface area contributed by atoms with Gasteiger partial charge in [-0.2, -0.15) is 0 Å². The summed E-state index contributed by atoms with van der Waals surface area (Å²) in [6.45, 7) is -0.483. The highest BCUT2D eigenvalue weighted by molar-refractivity contribution is 5.25. The summed E-state index contributed by atoms with van der Waals surface area (Å²) in [4.78, 5) is 0. The van der Waals surface area contributed by atoms with E-state index in [2.05, 4.69) is 0 Å². The average molecular weight is 260 g/mol. The molecule has 4 atom stereocenters. The van der Waals surface area contributed by atoms with Crippen molar-refractivity contribution >= 4 is 0 Å². The molecule has 100 valence electrons. The number of hydrogen-bond donors (Lipinski definition) is 3. The van der Waals surface area contributed by atoms with Crippen LogP contribution in [0.25, 0.3) is 0 Å². The normalized spacial score (nSPS) is 32.5. The molecule has 4 nitrogen and oxygen atoms in total. The van der Waals surface area contributed by atoms with Gasteiger partial charge in [0.15, 0.2) is 0 Å². The topological polar surface area (TPSA) is 69.9 Å². The van der Waals surface area contributed by atoms with Crippen molar-refractivity contribution in [2.45, 2.75) is 24.2 Å². The Morgan fingerprint density at radius 3 is 2.56 bits per heavy atom. The van der Waals surface area contributed by atoms with Crippen molar-refractivity contribution in [3.8, 4) is 0 Å². The lowest BCUT2D eigenvalue weighted by Gasteiger charge is -2.37. The summed E-state index contributed by atoms with van der Waals surface area (Å²) in [5.74, 6) is -2.29. The minimum absolute atomic E-state index is 0.0496. The van der Waals surface area contributed by atoms with E-state index >= 15 is 0 Å². The minimum atomic E-state index is -1.31. The molecule has 0 aromatic heterocycles. The lowest BCUT2D eigenvalue weighted by atomic mass is 9.86. The highest BCUT2D eigenvalue weighted by Crippen LogP contribution is 2.30. The third-order valence-electron chi connectivity index (χ3n) is 3.17. The molecule has 3 N–H and O–H groups in total. The van der Waals surface area contributed by atoms with Crippen LogP contribution >= 0.6 is 0 Å². The molecule has 1 aromatic rings. The summed E-state index contributed by atoms with van der Waals surface area (Å²) in [6.07, 6.45) is -3.46. The third kappa shape index (κ3) is 2.37. The smallest absolute Gasteiger partial charge is 0.129 e. The molecular formula is C12H14F2O4. The van der Waals surface area contributed by atoms with Gasteiger partial charge in [-0.1, -0.05) is 6.07 Å². The minimum Gasteiger partial charge on any atom is -0.394 e. The molecule has 0 radical (unpaired) electrons. The highest BCUT2D eigenvalue weighted by Gasteiger charge is 2.39. The first-order chi connectivity index (χ1) is 8.54. The van der Waals surface area contributed by atoms with Crippen molar-refractivity contribution in [3.63, 3.8) is 0 Å². The van der Waals surface area contributed by atoms with E-state index in [-0.39, 0.29) is 12.2 Å². The maximum Gasteiger partial charge on any atom is 0.129 e. The molecule has 2 rings (SSSR count). The lowest BCUT2D eigenvalue weighted by molar-refractivity contribution is -0.158. The number of ether oxygens (including phenoxy) is 1. The molecule has 1 saturated heterocycles. The Bertz CT molecular complexity index is 427.